The number of nitrogens with zero attached hydrogens (tertiary/aromatic N) is 5. The summed E-state index contributed by atoms with van der Waals surface area (Å²) in [7, 11) is 2.06. The van der Waals surface area contributed by atoms with Crippen LogP contribution in [-0.4, -0.2) is 37.9 Å². The molecule has 0 aliphatic heterocycles. The zero-order valence-corrected chi connectivity index (χ0v) is 15.9. The molecule has 4 rings (SSSR count). The van der Waals surface area contributed by atoms with Gasteiger partial charge in [0.1, 0.15) is 11.6 Å². The van der Waals surface area contributed by atoms with E-state index in [2.05, 4.69) is 38.8 Å². The monoisotopic (exact) mass is 366 g/mol. The van der Waals surface area contributed by atoms with Crippen molar-refractivity contribution in [3.05, 3.63) is 53.7 Å². The topological polar surface area (TPSA) is 86.0 Å². The molecule has 142 valence electrons. The number of nitrogens with two attached hydrogens (primary N) is 1. The number of benzene rings is 1. The van der Waals surface area contributed by atoms with Crippen LogP contribution in [0.5, 0.6) is 0 Å². The predicted octanol–water partition coefficient (Wildman–Crippen LogP) is 2.79. The lowest BCUT2D eigenvalue weighted by Gasteiger charge is -2.31. The van der Waals surface area contributed by atoms with E-state index in [0.29, 0.717) is 25.0 Å². The van der Waals surface area contributed by atoms with Gasteiger partial charge in [0.15, 0.2) is 5.76 Å². The van der Waals surface area contributed by atoms with Crippen molar-refractivity contribution in [3.8, 4) is 11.3 Å². The largest absolute Gasteiger partial charge is 0.356 e. The molecule has 1 aromatic carbocycles. The van der Waals surface area contributed by atoms with Gasteiger partial charge in [-0.3, -0.25) is 4.90 Å². The fourth-order valence-corrected chi connectivity index (χ4v) is 3.68. The number of hydrogen-bond acceptors (Lipinski definition) is 6. The van der Waals surface area contributed by atoms with Gasteiger partial charge in [0, 0.05) is 36.7 Å². The molecule has 3 aromatic rings. The third-order valence-corrected chi connectivity index (χ3v) is 5.17. The molecule has 0 bridgehead atoms. The van der Waals surface area contributed by atoms with Gasteiger partial charge in [-0.1, -0.05) is 35.5 Å². The Bertz CT molecular complexity index is 881. The molecular formula is C20H26N6O. The molecule has 1 aliphatic carbocycles. The van der Waals surface area contributed by atoms with Crippen LogP contribution in [0.25, 0.3) is 11.3 Å². The van der Waals surface area contributed by atoms with Crippen LogP contribution in [0, 0.1) is 0 Å². The summed E-state index contributed by atoms with van der Waals surface area (Å²) < 4.78 is 7.72. The second-order valence-electron chi connectivity index (χ2n) is 7.37. The first-order valence-corrected chi connectivity index (χ1v) is 9.51. The molecule has 27 heavy (non-hydrogen) atoms. The van der Waals surface area contributed by atoms with Crippen LogP contribution in [0.3, 0.4) is 0 Å². The van der Waals surface area contributed by atoms with Gasteiger partial charge in [0.2, 0.25) is 0 Å². The van der Waals surface area contributed by atoms with E-state index in [0.717, 1.165) is 48.1 Å². The normalized spacial score (nSPS) is 19.4. The van der Waals surface area contributed by atoms with E-state index in [-0.39, 0.29) is 0 Å². The molecule has 0 spiro atoms. The van der Waals surface area contributed by atoms with Gasteiger partial charge in [-0.25, -0.2) is 0 Å². The lowest BCUT2D eigenvalue weighted by Crippen LogP contribution is -2.36. The lowest BCUT2D eigenvalue weighted by molar-refractivity contribution is 0.289. The maximum absolute atomic E-state index is 5.93. The smallest absolute Gasteiger partial charge is 0.167 e. The fraction of sp³-hybridized carbons (Fsp3) is 0.450. The van der Waals surface area contributed by atoms with Crippen molar-refractivity contribution in [2.45, 2.75) is 51.4 Å². The maximum atomic E-state index is 5.93. The van der Waals surface area contributed by atoms with Gasteiger partial charge in [-0.2, -0.15) is 0 Å². The van der Waals surface area contributed by atoms with Crippen molar-refractivity contribution < 1.29 is 4.52 Å². The van der Waals surface area contributed by atoms with Crippen LogP contribution >= 0.6 is 0 Å². The van der Waals surface area contributed by atoms with Crippen molar-refractivity contribution in [2.24, 2.45) is 5.73 Å². The Kier molecular flexibility index (Phi) is 5.05. The van der Waals surface area contributed by atoms with E-state index in [1.165, 1.54) is 0 Å². The van der Waals surface area contributed by atoms with Crippen molar-refractivity contribution in [1.29, 1.82) is 0 Å². The first-order valence-electron chi connectivity index (χ1n) is 9.51. The highest BCUT2D eigenvalue weighted by Crippen LogP contribution is 2.34. The molecule has 0 atom stereocenters. The van der Waals surface area contributed by atoms with E-state index in [4.69, 9.17) is 10.3 Å². The molecule has 0 unspecified atom stereocenters. The third kappa shape index (κ3) is 3.79. The van der Waals surface area contributed by atoms with Gasteiger partial charge in [-0.05, 0) is 26.8 Å². The summed E-state index contributed by atoms with van der Waals surface area (Å²) in [5, 5.41) is 13.1. The van der Waals surface area contributed by atoms with Gasteiger partial charge in [-0.15, -0.1) is 10.2 Å². The average molecular weight is 366 g/mol. The summed E-state index contributed by atoms with van der Waals surface area (Å²) >= 11 is 0. The first-order chi connectivity index (χ1) is 13.1. The highest BCUT2D eigenvalue weighted by molar-refractivity contribution is 5.56. The molecule has 2 heterocycles. The maximum Gasteiger partial charge on any atom is 0.167 e. The lowest BCUT2D eigenvalue weighted by atomic mass is 9.80. The van der Waals surface area contributed by atoms with Gasteiger partial charge in [0.05, 0.1) is 12.2 Å². The highest BCUT2D eigenvalue weighted by Gasteiger charge is 2.32. The molecule has 7 nitrogen and oxygen atoms in total. The minimum Gasteiger partial charge on any atom is -0.356 e. The summed E-state index contributed by atoms with van der Waals surface area (Å²) in [6.07, 6.45) is 2.02. The summed E-state index contributed by atoms with van der Waals surface area (Å²) in [5.74, 6) is 3.31. The Morgan fingerprint density at radius 1 is 1.19 bits per heavy atom. The van der Waals surface area contributed by atoms with Crippen LogP contribution in [0.15, 0.2) is 40.9 Å². The van der Waals surface area contributed by atoms with Crippen LogP contribution in [0.4, 0.5) is 0 Å². The number of hydrogen-bond donors (Lipinski definition) is 1. The summed E-state index contributed by atoms with van der Waals surface area (Å²) in [6, 6.07) is 12.3. The molecule has 0 amide bonds. The summed E-state index contributed by atoms with van der Waals surface area (Å²) in [6.45, 7) is 4.42. The van der Waals surface area contributed by atoms with Crippen molar-refractivity contribution in [3.63, 3.8) is 0 Å². The molecule has 0 radical (unpaired) electrons. The van der Waals surface area contributed by atoms with Crippen LogP contribution in [0.2, 0.25) is 0 Å². The fourth-order valence-electron chi connectivity index (χ4n) is 3.68. The average Bonchev–Trinajstić information content (AvgIpc) is 3.26. The molecule has 1 fully saturated rings. The molecule has 1 aliphatic rings. The summed E-state index contributed by atoms with van der Waals surface area (Å²) in [5.41, 5.74) is 7.88. The Morgan fingerprint density at radius 2 is 1.96 bits per heavy atom. The first kappa shape index (κ1) is 17.9. The Balaban J connectivity index is 1.41. The summed E-state index contributed by atoms with van der Waals surface area (Å²) in [4.78, 5) is 2.18. The second-order valence-corrected chi connectivity index (χ2v) is 7.37. The standard InChI is InChI=1S/C20H26N6O/c1-3-26-19(22-23-20(26)15-9-16(21)10-15)13-25(2)12-17-11-18(27-24-17)14-7-5-4-6-8-14/h4-8,11,15-16H,3,9-10,12-13,21H2,1-2H3. The SMILES string of the molecule is CCn1c(CN(C)Cc2cc(-c3ccccc3)on2)nnc1C1CC(N)C1. The molecule has 7 heteroatoms. The van der Waals surface area contributed by atoms with E-state index in [1.807, 2.05) is 36.4 Å². The van der Waals surface area contributed by atoms with Gasteiger partial charge >= 0.3 is 0 Å². The minimum absolute atomic E-state index is 0.314. The zero-order chi connectivity index (χ0) is 18.8. The van der Waals surface area contributed by atoms with Gasteiger partial charge < -0.3 is 14.8 Å². The van der Waals surface area contributed by atoms with E-state index in [1.54, 1.807) is 0 Å². The Morgan fingerprint density at radius 3 is 2.67 bits per heavy atom. The van der Waals surface area contributed by atoms with Gasteiger partial charge in [0.25, 0.3) is 0 Å². The Labute approximate surface area is 159 Å². The Hall–Kier alpha value is -2.51. The number of aromatic nitrogens is 4. The second kappa shape index (κ2) is 7.62. The zero-order valence-electron chi connectivity index (χ0n) is 15.9. The highest BCUT2D eigenvalue weighted by atomic mass is 16.5. The molecule has 1 saturated carbocycles. The van der Waals surface area contributed by atoms with Crippen LogP contribution in [-0.2, 0) is 19.6 Å². The molecule has 2 N–H and O–H groups in total. The van der Waals surface area contributed by atoms with E-state index >= 15 is 0 Å². The van der Waals surface area contributed by atoms with E-state index in [9.17, 15) is 0 Å². The van der Waals surface area contributed by atoms with Crippen molar-refractivity contribution in [2.75, 3.05) is 7.05 Å². The number of rotatable bonds is 7. The molecule has 0 saturated heterocycles. The third-order valence-electron chi connectivity index (χ3n) is 5.17. The quantitative estimate of drug-likeness (QED) is 0.692. The minimum atomic E-state index is 0.314. The van der Waals surface area contributed by atoms with Crippen LogP contribution < -0.4 is 5.73 Å². The van der Waals surface area contributed by atoms with E-state index < -0.39 is 0 Å². The predicted molar refractivity (Wildman–Crippen MR) is 103 cm³/mol. The van der Waals surface area contributed by atoms with Crippen LogP contribution in [0.1, 0.15) is 43.0 Å². The molecular weight excluding hydrogens is 340 g/mol. The van der Waals surface area contributed by atoms with Crippen molar-refractivity contribution in [1.82, 2.24) is 24.8 Å². The van der Waals surface area contributed by atoms with Crippen molar-refractivity contribution >= 4 is 0 Å². The molecule has 2 aromatic heterocycles.